The van der Waals surface area contributed by atoms with E-state index in [0.29, 0.717) is 16.6 Å². The highest BCUT2D eigenvalue weighted by atomic mass is 35.5. The number of nitrogens with zero attached hydrogens (tertiary/aromatic N) is 1. The zero-order valence-corrected chi connectivity index (χ0v) is 11.2. The lowest BCUT2D eigenvalue weighted by atomic mass is 10.1. The molecule has 1 rings (SSSR count). The van der Waals surface area contributed by atoms with Crippen molar-refractivity contribution >= 4 is 11.6 Å². The molecule has 0 spiro atoms. The molecule has 0 amide bonds. The lowest BCUT2D eigenvalue weighted by Crippen LogP contribution is -2.27. The molecule has 0 fully saturated rings. The molecular formula is C14H19ClN2. The summed E-state index contributed by atoms with van der Waals surface area (Å²) < 4.78 is 0. The molecule has 0 saturated carbocycles. The summed E-state index contributed by atoms with van der Waals surface area (Å²) in [5, 5.41) is 12.9. The smallest absolute Gasteiger partial charge is 0.0992 e. The normalized spacial score (nSPS) is 12.1. The van der Waals surface area contributed by atoms with Crippen LogP contribution in [0.5, 0.6) is 0 Å². The molecule has 0 heterocycles. The summed E-state index contributed by atoms with van der Waals surface area (Å²) in [6.45, 7) is 5.15. The Balaban J connectivity index is 2.60. The molecule has 2 nitrogen and oxygen atoms in total. The van der Waals surface area contributed by atoms with Crippen LogP contribution >= 0.6 is 11.6 Å². The SMILES string of the molecule is CCCC(CC)NCc1ccc(C#N)cc1Cl. The molecule has 92 valence electrons. The highest BCUT2D eigenvalue weighted by Gasteiger charge is 2.06. The lowest BCUT2D eigenvalue weighted by Gasteiger charge is -2.16. The van der Waals surface area contributed by atoms with Crippen molar-refractivity contribution in [3.8, 4) is 6.07 Å². The molecule has 1 aromatic rings. The first-order chi connectivity index (χ1) is 8.21. The van der Waals surface area contributed by atoms with Crippen LogP contribution in [0.15, 0.2) is 18.2 Å². The zero-order chi connectivity index (χ0) is 12.7. The van der Waals surface area contributed by atoms with Crippen LogP contribution in [-0.4, -0.2) is 6.04 Å². The number of nitriles is 1. The van der Waals surface area contributed by atoms with Crippen LogP contribution in [0.1, 0.15) is 44.2 Å². The van der Waals surface area contributed by atoms with Crippen LogP contribution in [0, 0.1) is 11.3 Å². The molecule has 0 aliphatic heterocycles. The van der Waals surface area contributed by atoms with Crippen molar-refractivity contribution < 1.29 is 0 Å². The molecule has 0 aliphatic rings. The third-order valence-corrected chi connectivity index (χ3v) is 3.25. The Morgan fingerprint density at radius 1 is 1.41 bits per heavy atom. The van der Waals surface area contributed by atoms with Crippen molar-refractivity contribution in [1.29, 1.82) is 5.26 Å². The van der Waals surface area contributed by atoms with Crippen LogP contribution < -0.4 is 5.32 Å². The maximum atomic E-state index is 8.75. The molecule has 3 heteroatoms. The van der Waals surface area contributed by atoms with E-state index in [1.54, 1.807) is 6.07 Å². The Labute approximate surface area is 109 Å². The predicted molar refractivity (Wildman–Crippen MR) is 72.0 cm³/mol. The summed E-state index contributed by atoms with van der Waals surface area (Å²) in [4.78, 5) is 0. The molecule has 0 radical (unpaired) electrons. The second kappa shape index (κ2) is 7.32. The van der Waals surface area contributed by atoms with Crippen molar-refractivity contribution in [2.45, 2.75) is 45.7 Å². The van der Waals surface area contributed by atoms with Gasteiger partial charge >= 0.3 is 0 Å². The van der Waals surface area contributed by atoms with E-state index in [1.165, 1.54) is 12.8 Å². The van der Waals surface area contributed by atoms with Gasteiger partial charge in [0.25, 0.3) is 0 Å². The summed E-state index contributed by atoms with van der Waals surface area (Å²) in [6, 6.07) is 8.09. The van der Waals surface area contributed by atoms with E-state index in [9.17, 15) is 0 Å². The monoisotopic (exact) mass is 250 g/mol. The maximum Gasteiger partial charge on any atom is 0.0992 e. The highest BCUT2D eigenvalue weighted by Crippen LogP contribution is 2.18. The van der Waals surface area contributed by atoms with Gasteiger partial charge < -0.3 is 5.32 Å². The molecule has 1 aromatic carbocycles. The topological polar surface area (TPSA) is 35.8 Å². The quantitative estimate of drug-likeness (QED) is 0.832. The fourth-order valence-electron chi connectivity index (χ4n) is 1.81. The third-order valence-electron chi connectivity index (χ3n) is 2.89. The van der Waals surface area contributed by atoms with Crippen molar-refractivity contribution in [1.82, 2.24) is 5.32 Å². The number of rotatable bonds is 6. The summed E-state index contributed by atoms with van der Waals surface area (Å²) in [6.07, 6.45) is 3.50. The standard InChI is InChI=1S/C14H19ClN2/c1-3-5-13(4-2)17-10-12-7-6-11(9-16)8-14(12)15/h6-8,13,17H,3-5,10H2,1-2H3. The average Bonchev–Trinajstić information content (AvgIpc) is 2.35. The molecule has 1 atom stereocenters. The highest BCUT2D eigenvalue weighted by molar-refractivity contribution is 6.31. The van der Waals surface area contributed by atoms with Crippen LogP contribution in [-0.2, 0) is 6.54 Å². The van der Waals surface area contributed by atoms with Gasteiger partial charge in [0.15, 0.2) is 0 Å². The van der Waals surface area contributed by atoms with Gasteiger partial charge in [-0.05, 0) is 30.5 Å². The van der Waals surface area contributed by atoms with Crippen LogP contribution in [0.3, 0.4) is 0 Å². The van der Waals surface area contributed by atoms with Crippen molar-refractivity contribution in [3.05, 3.63) is 34.3 Å². The minimum Gasteiger partial charge on any atom is -0.310 e. The van der Waals surface area contributed by atoms with Gasteiger partial charge in [0.2, 0.25) is 0 Å². The summed E-state index contributed by atoms with van der Waals surface area (Å²) in [5.41, 5.74) is 1.67. The summed E-state index contributed by atoms with van der Waals surface area (Å²) in [5.74, 6) is 0. The Bertz CT molecular complexity index is 396. The minimum absolute atomic E-state index is 0.548. The second-order valence-electron chi connectivity index (χ2n) is 4.19. The Morgan fingerprint density at radius 3 is 2.71 bits per heavy atom. The van der Waals surface area contributed by atoms with Gasteiger partial charge in [-0.15, -0.1) is 0 Å². The fourth-order valence-corrected chi connectivity index (χ4v) is 2.06. The zero-order valence-electron chi connectivity index (χ0n) is 10.5. The van der Waals surface area contributed by atoms with E-state index < -0.39 is 0 Å². The fraction of sp³-hybridized carbons (Fsp3) is 0.500. The molecular weight excluding hydrogens is 232 g/mol. The van der Waals surface area contributed by atoms with E-state index in [1.807, 2.05) is 12.1 Å². The molecule has 0 aromatic heterocycles. The number of nitrogens with one attached hydrogen (secondary N) is 1. The Kier molecular flexibility index (Phi) is 6.04. The molecule has 1 N–H and O–H groups in total. The Hall–Kier alpha value is -1.04. The first-order valence-electron chi connectivity index (χ1n) is 6.13. The lowest BCUT2D eigenvalue weighted by molar-refractivity contribution is 0.462. The van der Waals surface area contributed by atoms with E-state index in [2.05, 4.69) is 25.2 Å². The first-order valence-corrected chi connectivity index (χ1v) is 6.51. The van der Waals surface area contributed by atoms with Crippen molar-refractivity contribution in [2.24, 2.45) is 0 Å². The van der Waals surface area contributed by atoms with Gasteiger partial charge in [-0.25, -0.2) is 0 Å². The predicted octanol–water partition coefficient (Wildman–Crippen LogP) is 3.88. The molecule has 17 heavy (non-hydrogen) atoms. The number of benzene rings is 1. The summed E-state index contributed by atoms with van der Waals surface area (Å²) >= 11 is 6.12. The average molecular weight is 251 g/mol. The van der Waals surface area contributed by atoms with Gasteiger partial charge in [0.05, 0.1) is 11.6 Å². The molecule has 0 saturated heterocycles. The molecule has 0 aliphatic carbocycles. The van der Waals surface area contributed by atoms with E-state index >= 15 is 0 Å². The number of hydrogen-bond acceptors (Lipinski definition) is 2. The maximum absolute atomic E-state index is 8.75. The van der Waals surface area contributed by atoms with E-state index in [0.717, 1.165) is 18.5 Å². The first kappa shape index (κ1) is 14.0. The molecule has 0 bridgehead atoms. The van der Waals surface area contributed by atoms with Crippen molar-refractivity contribution in [3.63, 3.8) is 0 Å². The number of halogens is 1. The largest absolute Gasteiger partial charge is 0.310 e. The third kappa shape index (κ3) is 4.38. The van der Waals surface area contributed by atoms with Gasteiger partial charge in [-0.1, -0.05) is 37.9 Å². The van der Waals surface area contributed by atoms with Crippen LogP contribution in [0.25, 0.3) is 0 Å². The van der Waals surface area contributed by atoms with Gasteiger partial charge in [0.1, 0.15) is 0 Å². The van der Waals surface area contributed by atoms with E-state index in [4.69, 9.17) is 16.9 Å². The van der Waals surface area contributed by atoms with Crippen molar-refractivity contribution in [2.75, 3.05) is 0 Å². The van der Waals surface area contributed by atoms with Gasteiger partial charge in [0, 0.05) is 17.6 Å². The van der Waals surface area contributed by atoms with Crippen LogP contribution in [0.4, 0.5) is 0 Å². The molecule has 1 unspecified atom stereocenters. The minimum atomic E-state index is 0.548. The Morgan fingerprint density at radius 2 is 2.18 bits per heavy atom. The summed E-state index contributed by atoms with van der Waals surface area (Å²) in [7, 11) is 0. The second-order valence-corrected chi connectivity index (χ2v) is 4.60. The van der Waals surface area contributed by atoms with Gasteiger partial charge in [-0.3, -0.25) is 0 Å². The van der Waals surface area contributed by atoms with Crippen LogP contribution in [0.2, 0.25) is 5.02 Å². The van der Waals surface area contributed by atoms with Gasteiger partial charge in [-0.2, -0.15) is 5.26 Å². The number of hydrogen-bond donors (Lipinski definition) is 1. The van der Waals surface area contributed by atoms with E-state index in [-0.39, 0.29) is 0 Å².